The Kier molecular flexibility index (Phi) is 4.39. The van der Waals surface area contributed by atoms with Crippen LogP contribution in [0.1, 0.15) is 22.6 Å². The number of nitrogens with zero attached hydrogens (tertiary/aromatic N) is 2. The van der Waals surface area contributed by atoms with Crippen LogP contribution in [0.2, 0.25) is 0 Å². The van der Waals surface area contributed by atoms with Crippen LogP contribution in [0, 0.1) is 5.41 Å². The van der Waals surface area contributed by atoms with Crippen molar-refractivity contribution in [2.24, 2.45) is 12.5 Å². The molecule has 0 bridgehead atoms. The van der Waals surface area contributed by atoms with Crippen LogP contribution >= 0.6 is 11.3 Å². The van der Waals surface area contributed by atoms with Gasteiger partial charge in [0.05, 0.1) is 16.7 Å². The van der Waals surface area contributed by atoms with E-state index in [9.17, 15) is 14.7 Å². The summed E-state index contributed by atoms with van der Waals surface area (Å²) in [5.41, 5.74) is 1.95. The van der Waals surface area contributed by atoms with Gasteiger partial charge in [0.2, 0.25) is 5.91 Å². The quantitative estimate of drug-likeness (QED) is 0.658. The maximum absolute atomic E-state index is 13.0. The molecule has 1 aliphatic carbocycles. The molecule has 0 atom stereocenters. The van der Waals surface area contributed by atoms with Gasteiger partial charge in [-0.1, -0.05) is 24.3 Å². The fourth-order valence-corrected chi connectivity index (χ4v) is 4.65. The van der Waals surface area contributed by atoms with Gasteiger partial charge in [-0.15, -0.1) is 11.3 Å². The lowest BCUT2D eigenvalue weighted by Crippen LogP contribution is -2.45. The number of fused-ring (bicyclic) bond motifs is 2. The van der Waals surface area contributed by atoms with Gasteiger partial charge in [-0.2, -0.15) is 0 Å². The summed E-state index contributed by atoms with van der Waals surface area (Å²) < 4.78 is 2.98. The van der Waals surface area contributed by atoms with E-state index in [1.165, 1.54) is 11.3 Å². The summed E-state index contributed by atoms with van der Waals surface area (Å²) >= 11 is 1.52. The first-order valence-corrected chi connectivity index (χ1v) is 9.56. The van der Waals surface area contributed by atoms with Crippen LogP contribution in [0.3, 0.4) is 0 Å². The molecular weight excluding hydrogens is 362 g/mol. The molecule has 1 amide bonds. The normalized spacial score (nSPS) is 14.9. The van der Waals surface area contributed by atoms with E-state index in [1.54, 1.807) is 0 Å². The first-order chi connectivity index (χ1) is 12.9. The van der Waals surface area contributed by atoms with Crippen molar-refractivity contribution < 1.29 is 19.3 Å². The summed E-state index contributed by atoms with van der Waals surface area (Å²) in [6, 6.07) is 9.71. The Labute approximate surface area is 160 Å². The molecule has 0 aliphatic heterocycles. The highest BCUT2D eigenvalue weighted by Gasteiger charge is 2.43. The highest BCUT2D eigenvalue weighted by molar-refractivity contribution is 7.18. The van der Waals surface area contributed by atoms with Crippen LogP contribution in [0.5, 0.6) is 0 Å². The molecule has 0 saturated heterocycles. The summed E-state index contributed by atoms with van der Waals surface area (Å²) in [6.07, 6.45) is 4.43. The number of amides is 1. The number of benzene rings is 1. The molecule has 0 saturated carbocycles. The Morgan fingerprint density at radius 1 is 1.26 bits per heavy atom. The van der Waals surface area contributed by atoms with Gasteiger partial charge in [-0.3, -0.25) is 4.79 Å². The minimum absolute atomic E-state index is 0.257. The van der Waals surface area contributed by atoms with Crippen LogP contribution in [0.15, 0.2) is 42.7 Å². The van der Waals surface area contributed by atoms with Crippen molar-refractivity contribution in [3.05, 3.63) is 58.9 Å². The topological polar surface area (TPSA) is 86.0 Å². The zero-order chi connectivity index (χ0) is 19.0. The summed E-state index contributed by atoms with van der Waals surface area (Å²) in [7, 11) is 1.93. The van der Waals surface area contributed by atoms with Crippen LogP contribution in [-0.2, 0) is 36.0 Å². The van der Waals surface area contributed by atoms with Crippen molar-refractivity contribution in [2.45, 2.75) is 25.8 Å². The fraction of sp³-hybridized carbons (Fsp3) is 0.300. The van der Waals surface area contributed by atoms with E-state index in [1.807, 2.05) is 54.3 Å². The third kappa shape index (κ3) is 3.42. The molecule has 0 unspecified atom stereocenters. The number of aliphatic carboxylic acids is 1. The lowest BCUT2D eigenvalue weighted by Gasteiger charge is -2.28. The summed E-state index contributed by atoms with van der Waals surface area (Å²) in [5, 5.41) is 15.0. The summed E-state index contributed by atoms with van der Waals surface area (Å²) in [5.74, 6) is -1.46. The van der Waals surface area contributed by atoms with Crippen molar-refractivity contribution in [3.8, 4) is 0 Å². The van der Waals surface area contributed by atoms with Gasteiger partial charge in [-0.25, -0.2) is 9.55 Å². The number of nitrogens with one attached hydrogen (secondary N) is 1. The zero-order valence-corrected chi connectivity index (χ0v) is 15.7. The van der Waals surface area contributed by atoms with E-state index in [2.05, 4.69) is 10.3 Å². The zero-order valence-electron chi connectivity index (χ0n) is 14.9. The van der Waals surface area contributed by atoms with E-state index >= 15 is 0 Å². The number of carbonyl (C=O) groups excluding carboxylic acids is 2. The van der Waals surface area contributed by atoms with E-state index in [0.717, 1.165) is 26.4 Å². The van der Waals surface area contributed by atoms with Crippen molar-refractivity contribution in [3.63, 3.8) is 0 Å². The van der Waals surface area contributed by atoms with E-state index in [0.29, 0.717) is 12.8 Å². The molecule has 0 radical (unpaired) electrons. The molecule has 7 heteroatoms. The molecule has 2 aromatic heterocycles. The molecule has 0 spiro atoms. The molecule has 2 heterocycles. The number of aryl methyl sites for hydroxylation is 1. The first kappa shape index (κ1) is 17.6. The number of rotatable bonds is 5. The molecule has 6 nitrogen and oxygen atoms in total. The number of thiazole rings is 1. The van der Waals surface area contributed by atoms with Crippen molar-refractivity contribution >= 4 is 33.4 Å². The number of hydrogen-bond donors (Lipinski definition) is 1. The van der Waals surface area contributed by atoms with Crippen LogP contribution < -0.4 is 15.0 Å². The number of carbonyl (C=O) groups is 2. The number of aromatic nitrogens is 2. The van der Waals surface area contributed by atoms with Gasteiger partial charge in [0.15, 0.2) is 12.4 Å². The molecule has 27 heavy (non-hydrogen) atoms. The number of carboxylic acids is 1. The molecule has 1 N–H and O–H groups in total. The first-order valence-electron chi connectivity index (χ1n) is 8.75. The second-order valence-corrected chi connectivity index (χ2v) is 8.22. The van der Waals surface area contributed by atoms with Gasteiger partial charge in [0.25, 0.3) is 0 Å². The largest absolute Gasteiger partial charge is 0.550 e. The molecular formula is C20H19N3O3S. The van der Waals surface area contributed by atoms with Crippen molar-refractivity contribution in [2.75, 3.05) is 0 Å². The van der Waals surface area contributed by atoms with Crippen molar-refractivity contribution in [1.82, 2.24) is 10.3 Å². The molecule has 1 aromatic carbocycles. The monoisotopic (exact) mass is 381 g/mol. The van der Waals surface area contributed by atoms with Gasteiger partial charge in [0.1, 0.15) is 17.6 Å². The highest BCUT2D eigenvalue weighted by atomic mass is 32.1. The number of carboxylic acid groups (broad SMARTS) is 1. The Morgan fingerprint density at radius 2 is 1.96 bits per heavy atom. The third-order valence-corrected chi connectivity index (χ3v) is 6.09. The lowest BCUT2D eigenvalue weighted by molar-refractivity contribution is -0.670. The van der Waals surface area contributed by atoms with Gasteiger partial charge >= 0.3 is 0 Å². The Bertz CT molecular complexity index is 1020. The second kappa shape index (κ2) is 6.74. The minimum Gasteiger partial charge on any atom is -0.550 e. The second-order valence-electron chi connectivity index (χ2n) is 7.10. The SMILES string of the molecule is C[n+]1ccc2sc(CNC(=O)C3(CC(=O)[O-])Cc4ccccc4C3)nc2c1. The van der Waals surface area contributed by atoms with Gasteiger partial charge in [-0.05, 0) is 24.0 Å². The fourth-order valence-electron chi connectivity index (χ4n) is 3.78. The van der Waals surface area contributed by atoms with Crippen LogP contribution in [0.25, 0.3) is 10.2 Å². The number of pyridine rings is 1. The molecule has 0 fully saturated rings. The Hall–Kier alpha value is -2.80. The van der Waals surface area contributed by atoms with Gasteiger partial charge in [0, 0.05) is 18.5 Å². The highest BCUT2D eigenvalue weighted by Crippen LogP contribution is 2.40. The van der Waals surface area contributed by atoms with Gasteiger partial charge < -0.3 is 15.2 Å². The lowest BCUT2D eigenvalue weighted by atomic mass is 9.80. The third-order valence-electron chi connectivity index (χ3n) is 5.05. The Balaban J connectivity index is 1.53. The van der Waals surface area contributed by atoms with Crippen molar-refractivity contribution in [1.29, 1.82) is 0 Å². The smallest absolute Gasteiger partial charge is 0.227 e. The maximum Gasteiger partial charge on any atom is 0.227 e. The van der Waals surface area contributed by atoms with E-state index in [4.69, 9.17) is 0 Å². The molecule has 3 aromatic rings. The minimum atomic E-state index is -1.20. The average molecular weight is 381 g/mol. The van der Waals surface area contributed by atoms with E-state index < -0.39 is 11.4 Å². The average Bonchev–Trinajstić information content (AvgIpc) is 3.19. The van der Waals surface area contributed by atoms with E-state index in [-0.39, 0.29) is 18.9 Å². The standard InChI is InChI=1S/C20H19N3O3S/c1-23-7-6-16-15(12-23)22-17(27-16)11-21-19(26)20(10-18(24)25)8-13-4-2-3-5-14(13)9-20/h2-7,12H,8-11H2,1H3,(H-,21,24,25,26). The predicted octanol–water partition coefficient (Wildman–Crippen LogP) is 0.662. The number of hydrogen-bond acceptors (Lipinski definition) is 5. The molecule has 138 valence electrons. The Morgan fingerprint density at radius 3 is 2.63 bits per heavy atom. The van der Waals surface area contributed by atoms with Crippen LogP contribution in [0.4, 0.5) is 0 Å². The maximum atomic E-state index is 13.0. The van der Waals surface area contributed by atoms with Crippen LogP contribution in [-0.4, -0.2) is 16.9 Å². The predicted molar refractivity (Wildman–Crippen MR) is 98.5 cm³/mol. The summed E-state index contributed by atoms with van der Waals surface area (Å²) in [4.78, 5) is 28.9. The molecule has 4 rings (SSSR count). The summed E-state index contributed by atoms with van der Waals surface area (Å²) in [6.45, 7) is 0.285. The molecule has 1 aliphatic rings.